The van der Waals surface area contributed by atoms with Crippen LogP contribution in [0.5, 0.6) is 0 Å². The van der Waals surface area contributed by atoms with Crippen LogP contribution >= 0.6 is 34.8 Å². The number of carbonyl (C=O) groups is 1. The number of halogens is 3. The average Bonchev–Trinajstić information content (AvgIpc) is 2.43. The van der Waals surface area contributed by atoms with E-state index in [0.717, 1.165) is 0 Å². The first-order chi connectivity index (χ1) is 9.49. The minimum atomic E-state index is -0.568. The van der Waals surface area contributed by atoms with Crippen LogP contribution in [0.1, 0.15) is 15.9 Å². The van der Waals surface area contributed by atoms with Gasteiger partial charge >= 0.3 is 5.97 Å². The standard InChI is InChI=1S/C14H10Cl3NO2/c15-9-4-5-12(18)10(6-9)14(19)20-7-8-2-1-3-11(16)13(8)17/h1-6H,7,18H2. The van der Waals surface area contributed by atoms with E-state index in [-0.39, 0.29) is 12.2 Å². The Hall–Kier alpha value is -1.42. The van der Waals surface area contributed by atoms with E-state index in [1.807, 2.05) is 0 Å². The van der Waals surface area contributed by atoms with Gasteiger partial charge in [0, 0.05) is 16.3 Å². The van der Waals surface area contributed by atoms with Crippen LogP contribution in [0.15, 0.2) is 36.4 Å². The number of benzene rings is 2. The van der Waals surface area contributed by atoms with Crippen molar-refractivity contribution >= 4 is 46.5 Å². The fraction of sp³-hybridized carbons (Fsp3) is 0.0714. The molecule has 0 bridgehead atoms. The van der Waals surface area contributed by atoms with Crippen molar-refractivity contribution in [2.45, 2.75) is 6.61 Å². The highest BCUT2D eigenvalue weighted by molar-refractivity contribution is 6.42. The molecule has 0 aliphatic heterocycles. The second kappa shape index (κ2) is 6.35. The topological polar surface area (TPSA) is 52.3 Å². The van der Waals surface area contributed by atoms with Crippen molar-refractivity contribution in [3.63, 3.8) is 0 Å². The largest absolute Gasteiger partial charge is 0.457 e. The van der Waals surface area contributed by atoms with Crippen LogP contribution in [-0.2, 0) is 11.3 Å². The molecule has 2 aromatic rings. The molecular formula is C14H10Cl3NO2. The Morgan fingerprint density at radius 2 is 1.90 bits per heavy atom. The van der Waals surface area contributed by atoms with Crippen LogP contribution in [0.3, 0.4) is 0 Å². The molecule has 2 aromatic carbocycles. The Kier molecular flexibility index (Phi) is 4.76. The molecule has 0 radical (unpaired) electrons. The van der Waals surface area contributed by atoms with Gasteiger partial charge in [0.2, 0.25) is 0 Å². The fourth-order valence-corrected chi connectivity index (χ4v) is 2.13. The van der Waals surface area contributed by atoms with Crippen LogP contribution in [0, 0.1) is 0 Å². The molecule has 104 valence electrons. The van der Waals surface area contributed by atoms with Crippen molar-refractivity contribution in [3.8, 4) is 0 Å². The molecule has 3 nitrogen and oxygen atoms in total. The second-order valence-electron chi connectivity index (χ2n) is 4.02. The lowest BCUT2D eigenvalue weighted by molar-refractivity contribution is 0.0474. The summed E-state index contributed by atoms with van der Waals surface area (Å²) >= 11 is 17.7. The molecule has 0 fully saturated rings. The zero-order valence-electron chi connectivity index (χ0n) is 10.2. The summed E-state index contributed by atoms with van der Waals surface area (Å²) in [7, 11) is 0. The molecule has 0 amide bonds. The van der Waals surface area contributed by atoms with E-state index in [9.17, 15) is 4.79 Å². The van der Waals surface area contributed by atoms with Gasteiger partial charge in [-0.2, -0.15) is 0 Å². The lowest BCUT2D eigenvalue weighted by atomic mass is 10.2. The Labute approximate surface area is 131 Å². The summed E-state index contributed by atoms with van der Waals surface area (Å²) in [5.41, 5.74) is 6.85. The van der Waals surface area contributed by atoms with Gasteiger partial charge in [0.25, 0.3) is 0 Å². The molecule has 0 unspecified atom stereocenters. The van der Waals surface area contributed by atoms with E-state index in [2.05, 4.69) is 0 Å². The summed E-state index contributed by atoms with van der Waals surface area (Å²) in [6, 6.07) is 9.71. The van der Waals surface area contributed by atoms with Crippen molar-refractivity contribution in [1.82, 2.24) is 0 Å². The van der Waals surface area contributed by atoms with Gasteiger partial charge in [0.15, 0.2) is 0 Å². The number of nitrogens with two attached hydrogens (primary N) is 1. The van der Waals surface area contributed by atoms with Crippen LogP contribution in [-0.4, -0.2) is 5.97 Å². The number of carbonyl (C=O) groups excluding carboxylic acids is 1. The van der Waals surface area contributed by atoms with Crippen LogP contribution in [0.4, 0.5) is 5.69 Å². The third-order valence-electron chi connectivity index (χ3n) is 2.63. The highest BCUT2D eigenvalue weighted by Gasteiger charge is 2.13. The normalized spacial score (nSPS) is 10.3. The quantitative estimate of drug-likeness (QED) is 0.661. The lowest BCUT2D eigenvalue weighted by Crippen LogP contribution is -2.08. The zero-order chi connectivity index (χ0) is 14.7. The Morgan fingerprint density at radius 3 is 2.65 bits per heavy atom. The average molecular weight is 331 g/mol. The molecule has 2 rings (SSSR count). The van der Waals surface area contributed by atoms with Gasteiger partial charge < -0.3 is 10.5 Å². The molecule has 0 saturated carbocycles. The smallest absolute Gasteiger partial charge is 0.340 e. The number of anilines is 1. The zero-order valence-corrected chi connectivity index (χ0v) is 12.5. The van der Waals surface area contributed by atoms with Crippen molar-refractivity contribution in [2.75, 3.05) is 5.73 Å². The van der Waals surface area contributed by atoms with E-state index >= 15 is 0 Å². The minimum Gasteiger partial charge on any atom is -0.457 e. The van der Waals surface area contributed by atoms with Crippen LogP contribution in [0.2, 0.25) is 15.1 Å². The first-order valence-corrected chi connectivity index (χ1v) is 6.77. The molecule has 0 heterocycles. The summed E-state index contributed by atoms with van der Waals surface area (Å²) in [6.07, 6.45) is 0. The summed E-state index contributed by atoms with van der Waals surface area (Å²) < 4.78 is 5.17. The van der Waals surface area contributed by atoms with Gasteiger partial charge in [-0.3, -0.25) is 0 Å². The predicted octanol–water partition coefficient (Wildman–Crippen LogP) is 4.59. The molecular weight excluding hydrogens is 321 g/mol. The maximum Gasteiger partial charge on any atom is 0.340 e. The molecule has 20 heavy (non-hydrogen) atoms. The summed E-state index contributed by atoms with van der Waals surface area (Å²) in [5.74, 6) is -0.568. The monoisotopic (exact) mass is 329 g/mol. The maximum absolute atomic E-state index is 12.0. The molecule has 0 spiro atoms. The summed E-state index contributed by atoms with van der Waals surface area (Å²) in [6.45, 7) is 0.00415. The molecule has 0 aromatic heterocycles. The van der Waals surface area contributed by atoms with Gasteiger partial charge in [0.1, 0.15) is 6.61 Å². The van der Waals surface area contributed by atoms with E-state index in [4.69, 9.17) is 45.3 Å². The number of esters is 1. The highest BCUT2D eigenvalue weighted by Crippen LogP contribution is 2.26. The van der Waals surface area contributed by atoms with Gasteiger partial charge in [-0.1, -0.05) is 46.9 Å². The molecule has 6 heteroatoms. The Balaban J connectivity index is 2.13. The number of nitrogen functional groups attached to an aromatic ring is 1. The number of ether oxygens (including phenoxy) is 1. The van der Waals surface area contributed by atoms with Crippen molar-refractivity contribution in [1.29, 1.82) is 0 Å². The van der Waals surface area contributed by atoms with E-state index in [1.54, 1.807) is 30.3 Å². The highest BCUT2D eigenvalue weighted by atomic mass is 35.5. The van der Waals surface area contributed by atoms with Crippen molar-refractivity contribution < 1.29 is 9.53 Å². The lowest BCUT2D eigenvalue weighted by Gasteiger charge is -2.09. The van der Waals surface area contributed by atoms with Gasteiger partial charge in [-0.05, 0) is 24.3 Å². The number of hydrogen-bond donors (Lipinski definition) is 1. The number of hydrogen-bond acceptors (Lipinski definition) is 3. The van der Waals surface area contributed by atoms with E-state index in [1.165, 1.54) is 6.07 Å². The fourth-order valence-electron chi connectivity index (χ4n) is 1.59. The first-order valence-electron chi connectivity index (χ1n) is 5.64. The van der Waals surface area contributed by atoms with Crippen molar-refractivity contribution in [2.24, 2.45) is 0 Å². The predicted molar refractivity (Wildman–Crippen MR) is 81.4 cm³/mol. The maximum atomic E-state index is 12.0. The third-order valence-corrected chi connectivity index (χ3v) is 3.72. The minimum absolute atomic E-state index is 0.00415. The van der Waals surface area contributed by atoms with Crippen LogP contribution in [0.25, 0.3) is 0 Å². The first kappa shape index (κ1) is 15.0. The molecule has 0 atom stereocenters. The van der Waals surface area contributed by atoms with Gasteiger partial charge in [0.05, 0.1) is 15.6 Å². The van der Waals surface area contributed by atoms with Crippen molar-refractivity contribution in [3.05, 3.63) is 62.6 Å². The van der Waals surface area contributed by atoms with Gasteiger partial charge in [-0.15, -0.1) is 0 Å². The number of rotatable bonds is 3. The van der Waals surface area contributed by atoms with Gasteiger partial charge in [-0.25, -0.2) is 4.79 Å². The Bertz CT molecular complexity index is 659. The van der Waals surface area contributed by atoms with Crippen LogP contribution < -0.4 is 5.73 Å². The Morgan fingerprint density at radius 1 is 1.15 bits per heavy atom. The SMILES string of the molecule is Nc1ccc(Cl)cc1C(=O)OCc1cccc(Cl)c1Cl. The molecule has 2 N–H and O–H groups in total. The van der Waals surface area contributed by atoms with E-state index in [0.29, 0.717) is 26.3 Å². The summed E-state index contributed by atoms with van der Waals surface area (Å²) in [5, 5.41) is 1.18. The molecule has 0 aliphatic carbocycles. The van der Waals surface area contributed by atoms with E-state index < -0.39 is 5.97 Å². The third kappa shape index (κ3) is 3.37. The second-order valence-corrected chi connectivity index (χ2v) is 5.24. The molecule has 0 aliphatic rings. The summed E-state index contributed by atoms with van der Waals surface area (Å²) in [4.78, 5) is 12.0. The molecule has 0 saturated heterocycles.